The SMILES string of the molecule is CCc1c[c]cc(CC)c1CC(C)(c1ccc(OC)c(C)c1)c1ccc(OC)c(C)c1. The fourth-order valence-corrected chi connectivity index (χ4v) is 4.65. The van der Waals surface area contributed by atoms with E-state index in [1.165, 1.54) is 27.8 Å². The molecular weight excluding hydrogens is 380 g/mol. The molecule has 0 aromatic heterocycles. The summed E-state index contributed by atoms with van der Waals surface area (Å²) in [5, 5.41) is 0. The van der Waals surface area contributed by atoms with Crippen LogP contribution in [-0.4, -0.2) is 14.2 Å². The molecule has 1 radical (unpaired) electrons. The van der Waals surface area contributed by atoms with E-state index in [-0.39, 0.29) is 5.41 Å². The van der Waals surface area contributed by atoms with Gasteiger partial charge in [0.25, 0.3) is 0 Å². The van der Waals surface area contributed by atoms with E-state index in [1.807, 2.05) is 0 Å². The van der Waals surface area contributed by atoms with Crippen LogP contribution in [0, 0.1) is 19.9 Å². The number of methoxy groups -OCH3 is 2. The third-order valence-electron chi connectivity index (χ3n) is 6.65. The molecule has 0 amide bonds. The van der Waals surface area contributed by atoms with Crippen molar-refractivity contribution in [2.75, 3.05) is 14.2 Å². The number of benzene rings is 3. The van der Waals surface area contributed by atoms with E-state index in [0.717, 1.165) is 41.9 Å². The summed E-state index contributed by atoms with van der Waals surface area (Å²) < 4.78 is 11.1. The first-order valence-corrected chi connectivity index (χ1v) is 11.2. The van der Waals surface area contributed by atoms with Gasteiger partial charge in [0.1, 0.15) is 11.5 Å². The van der Waals surface area contributed by atoms with E-state index in [0.29, 0.717) is 0 Å². The monoisotopic (exact) mass is 415 g/mol. The Morgan fingerprint density at radius 2 is 1.23 bits per heavy atom. The van der Waals surface area contributed by atoms with Crippen LogP contribution in [0.3, 0.4) is 0 Å². The Morgan fingerprint density at radius 3 is 1.58 bits per heavy atom. The molecule has 0 saturated carbocycles. The highest BCUT2D eigenvalue weighted by atomic mass is 16.5. The first-order chi connectivity index (χ1) is 14.9. The molecule has 2 nitrogen and oxygen atoms in total. The van der Waals surface area contributed by atoms with Gasteiger partial charge >= 0.3 is 0 Å². The van der Waals surface area contributed by atoms with Crippen molar-refractivity contribution in [2.45, 2.75) is 59.3 Å². The van der Waals surface area contributed by atoms with Crippen LogP contribution in [0.5, 0.6) is 11.5 Å². The molecule has 0 aliphatic rings. The topological polar surface area (TPSA) is 18.5 Å². The lowest BCUT2D eigenvalue weighted by Gasteiger charge is -2.34. The van der Waals surface area contributed by atoms with Crippen molar-refractivity contribution >= 4 is 0 Å². The van der Waals surface area contributed by atoms with Gasteiger partial charge in [0.05, 0.1) is 14.2 Å². The molecule has 3 aromatic carbocycles. The van der Waals surface area contributed by atoms with Gasteiger partial charge in [0.15, 0.2) is 0 Å². The van der Waals surface area contributed by atoms with Crippen LogP contribution in [0.1, 0.15) is 59.7 Å². The fraction of sp³-hybridized carbons (Fsp3) is 0.379. The molecule has 0 spiro atoms. The normalized spacial score (nSPS) is 11.5. The van der Waals surface area contributed by atoms with Crippen molar-refractivity contribution in [3.05, 3.63) is 93.5 Å². The minimum Gasteiger partial charge on any atom is -0.496 e. The van der Waals surface area contributed by atoms with Crippen LogP contribution in [-0.2, 0) is 24.7 Å². The molecule has 0 N–H and O–H groups in total. The molecule has 0 fully saturated rings. The summed E-state index contributed by atoms with van der Waals surface area (Å²) in [7, 11) is 3.46. The molecule has 0 aliphatic heterocycles. The third-order valence-corrected chi connectivity index (χ3v) is 6.65. The van der Waals surface area contributed by atoms with Gasteiger partial charge in [-0.25, -0.2) is 0 Å². The van der Waals surface area contributed by atoms with E-state index in [2.05, 4.69) is 89.2 Å². The van der Waals surface area contributed by atoms with Gasteiger partial charge in [-0.15, -0.1) is 0 Å². The summed E-state index contributed by atoms with van der Waals surface area (Å²) in [6.07, 6.45) is 2.96. The molecule has 0 saturated heterocycles. The second-order valence-electron chi connectivity index (χ2n) is 8.57. The number of rotatable bonds is 8. The lowest BCUT2D eigenvalue weighted by molar-refractivity contribution is 0.410. The predicted octanol–water partition coefficient (Wildman–Crippen LogP) is 6.79. The zero-order valence-corrected chi connectivity index (χ0v) is 20.1. The maximum absolute atomic E-state index is 5.54. The fourth-order valence-electron chi connectivity index (χ4n) is 4.65. The highest BCUT2D eigenvalue weighted by molar-refractivity contribution is 5.50. The van der Waals surface area contributed by atoms with Crippen molar-refractivity contribution in [3.63, 3.8) is 0 Å². The average Bonchev–Trinajstić information content (AvgIpc) is 2.78. The standard InChI is InChI=1S/C29H35O2/c1-8-22-11-10-12-23(9-2)26(22)19-29(5,24-13-15-27(30-6)20(3)17-24)25-14-16-28(31-7)21(4)18-25/h11-18H,8-9,19H2,1-7H3. The summed E-state index contributed by atoms with van der Waals surface area (Å²) in [5.41, 5.74) is 8.95. The lowest BCUT2D eigenvalue weighted by atomic mass is 9.70. The van der Waals surface area contributed by atoms with Gasteiger partial charge in [-0.05, 0) is 90.3 Å². The highest BCUT2D eigenvalue weighted by Gasteiger charge is 2.32. The second-order valence-corrected chi connectivity index (χ2v) is 8.57. The summed E-state index contributed by atoms with van der Waals surface area (Å²) in [6.45, 7) is 11.1. The van der Waals surface area contributed by atoms with Gasteiger partial charge in [0, 0.05) is 5.41 Å². The average molecular weight is 416 g/mol. The Hall–Kier alpha value is -2.74. The first kappa shape index (κ1) is 22.9. The highest BCUT2D eigenvalue weighted by Crippen LogP contribution is 2.40. The Balaban J connectivity index is 2.23. The molecule has 163 valence electrons. The largest absolute Gasteiger partial charge is 0.496 e. The molecule has 0 heterocycles. The molecule has 3 rings (SSSR count). The quantitative estimate of drug-likeness (QED) is 0.403. The minimum atomic E-state index is -0.191. The first-order valence-electron chi connectivity index (χ1n) is 11.2. The van der Waals surface area contributed by atoms with E-state index in [9.17, 15) is 0 Å². The van der Waals surface area contributed by atoms with E-state index < -0.39 is 0 Å². The summed E-state index contributed by atoms with van der Waals surface area (Å²) in [5.74, 6) is 1.85. The zero-order valence-electron chi connectivity index (χ0n) is 20.1. The van der Waals surface area contributed by atoms with E-state index >= 15 is 0 Å². The minimum absolute atomic E-state index is 0.191. The Labute approximate surface area is 188 Å². The van der Waals surface area contributed by atoms with Crippen LogP contribution in [0.2, 0.25) is 0 Å². The number of hydrogen-bond donors (Lipinski definition) is 0. The van der Waals surface area contributed by atoms with Gasteiger partial charge in [0.2, 0.25) is 0 Å². The summed E-state index contributed by atoms with van der Waals surface area (Å²) in [6, 6.07) is 20.9. The summed E-state index contributed by atoms with van der Waals surface area (Å²) >= 11 is 0. The second kappa shape index (κ2) is 9.60. The maximum atomic E-state index is 5.54. The van der Waals surface area contributed by atoms with Gasteiger partial charge < -0.3 is 9.47 Å². The lowest BCUT2D eigenvalue weighted by Crippen LogP contribution is -2.28. The molecule has 0 bridgehead atoms. The van der Waals surface area contributed by atoms with Gasteiger partial charge in [-0.3, -0.25) is 0 Å². The van der Waals surface area contributed by atoms with Gasteiger partial charge in [-0.1, -0.05) is 57.2 Å². The Morgan fingerprint density at radius 1 is 0.774 bits per heavy atom. The summed E-state index contributed by atoms with van der Waals surface area (Å²) in [4.78, 5) is 0. The molecule has 3 aromatic rings. The number of ether oxygens (including phenoxy) is 2. The zero-order chi connectivity index (χ0) is 22.6. The smallest absolute Gasteiger partial charge is 0.121 e. The molecule has 31 heavy (non-hydrogen) atoms. The molecule has 0 atom stereocenters. The molecule has 2 heteroatoms. The van der Waals surface area contributed by atoms with Crippen LogP contribution in [0.25, 0.3) is 0 Å². The van der Waals surface area contributed by atoms with Crippen molar-refractivity contribution in [1.29, 1.82) is 0 Å². The van der Waals surface area contributed by atoms with E-state index in [1.54, 1.807) is 14.2 Å². The van der Waals surface area contributed by atoms with Crippen molar-refractivity contribution in [1.82, 2.24) is 0 Å². The number of aryl methyl sites for hydroxylation is 4. The van der Waals surface area contributed by atoms with Crippen LogP contribution < -0.4 is 9.47 Å². The van der Waals surface area contributed by atoms with Crippen LogP contribution in [0.15, 0.2) is 48.5 Å². The maximum Gasteiger partial charge on any atom is 0.121 e. The molecule has 0 aliphatic carbocycles. The predicted molar refractivity (Wildman–Crippen MR) is 130 cm³/mol. The Bertz CT molecular complexity index is 973. The van der Waals surface area contributed by atoms with Crippen LogP contribution in [0.4, 0.5) is 0 Å². The van der Waals surface area contributed by atoms with Crippen molar-refractivity contribution < 1.29 is 9.47 Å². The molecule has 0 unspecified atom stereocenters. The number of hydrogen-bond acceptors (Lipinski definition) is 2. The van der Waals surface area contributed by atoms with Crippen LogP contribution >= 0.6 is 0 Å². The third kappa shape index (κ3) is 4.49. The Kier molecular flexibility index (Phi) is 7.10. The van der Waals surface area contributed by atoms with Gasteiger partial charge in [-0.2, -0.15) is 0 Å². The van der Waals surface area contributed by atoms with Crippen molar-refractivity contribution in [2.24, 2.45) is 0 Å². The molecular formula is C29H35O2. The van der Waals surface area contributed by atoms with E-state index in [4.69, 9.17) is 9.47 Å². The van der Waals surface area contributed by atoms with Crippen molar-refractivity contribution in [3.8, 4) is 11.5 Å².